The highest BCUT2D eigenvalue weighted by molar-refractivity contribution is 6.11. The number of halogens is 1. The second-order valence-electron chi connectivity index (χ2n) is 9.88. The number of hydrogen-bond acceptors (Lipinski definition) is 4. The number of nitrogens with zero attached hydrogens (tertiary/aromatic N) is 3. The summed E-state index contributed by atoms with van der Waals surface area (Å²) < 4.78 is 13.3. The topological polar surface area (TPSA) is 77.4 Å². The lowest BCUT2D eigenvalue weighted by molar-refractivity contribution is 0.628. The van der Waals surface area contributed by atoms with Gasteiger partial charge in [-0.25, -0.2) is 4.39 Å². The molecule has 38 heavy (non-hydrogen) atoms. The molecule has 5 nitrogen and oxygen atoms in total. The van der Waals surface area contributed by atoms with E-state index < -0.39 is 5.41 Å². The van der Waals surface area contributed by atoms with Crippen molar-refractivity contribution in [3.05, 3.63) is 109 Å². The van der Waals surface area contributed by atoms with Gasteiger partial charge in [-0.15, -0.1) is 0 Å². The number of rotatable bonds is 5. The van der Waals surface area contributed by atoms with Gasteiger partial charge in [-0.3, -0.25) is 10.1 Å². The molecule has 0 aliphatic carbocycles. The average molecular weight is 498 g/mol. The van der Waals surface area contributed by atoms with Crippen LogP contribution in [-0.2, 0) is 5.41 Å². The predicted octanol–water partition coefficient (Wildman–Crippen LogP) is 8.13. The Hall–Kier alpha value is -5.02. The molecule has 0 spiro atoms. The molecule has 0 fully saturated rings. The van der Waals surface area contributed by atoms with Crippen molar-refractivity contribution in [2.24, 2.45) is 0 Å². The Morgan fingerprint density at radius 1 is 0.842 bits per heavy atom. The van der Waals surface area contributed by atoms with E-state index in [2.05, 4.69) is 50.8 Å². The van der Waals surface area contributed by atoms with E-state index in [0.29, 0.717) is 0 Å². The molecule has 0 saturated heterocycles. The molecular formula is C32H24FN5. The van der Waals surface area contributed by atoms with Crippen LogP contribution in [0.4, 0.5) is 15.8 Å². The van der Waals surface area contributed by atoms with Gasteiger partial charge in [-0.05, 0) is 79.1 Å². The molecule has 6 aromatic rings. The average Bonchev–Trinajstić information content (AvgIpc) is 3.39. The molecule has 4 aromatic carbocycles. The van der Waals surface area contributed by atoms with Crippen molar-refractivity contribution in [2.45, 2.75) is 19.3 Å². The van der Waals surface area contributed by atoms with Gasteiger partial charge in [0.15, 0.2) is 0 Å². The molecule has 0 aliphatic heterocycles. The Balaban J connectivity index is 1.42. The summed E-state index contributed by atoms with van der Waals surface area (Å²) >= 11 is 0. The summed E-state index contributed by atoms with van der Waals surface area (Å²) in [5, 5.41) is 22.6. The Kier molecular flexibility index (Phi) is 5.62. The van der Waals surface area contributed by atoms with E-state index in [-0.39, 0.29) is 5.82 Å². The second-order valence-corrected chi connectivity index (χ2v) is 9.88. The van der Waals surface area contributed by atoms with Crippen LogP contribution in [0.25, 0.3) is 44.2 Å². The summed E-state index contributed by atoms with van der Waals surface area (Å²) in [4.78, 5) is 4.64. The minimum Gasteiger partial charge on any atom is -0.356 e. The van der Waals surface area contributed by atoms with E-state index in [0.717, 1.165) is 61.1 Å². The summed E-state index contributed by atoms with van der Waals surface area (Å²) in [5.74, 6) is -0.263. The summed E-state index contributed by atoms with van der Waals surface area (Å²) in [6.07, 6.45) is 1.81. The van der Waals surface area contributed by atoms with Gasteiger partial charge in [0.05, 0.1) is 28.7 Å². The monoisotopic (exact) mass is 497 g/mol. The smallest absolute Gasteiger partial charge is 0.123 e. The van der Waals surface area contributed by atoms with Crippen LogP contribution in [0.3, 0.4) is 0 Å². The zero-order chi connectivity index (χ0) is 26.3. The molecule has 0 radical (unpaired) electrons. The SMILES string of the molecule is CC(C)(C#N)c1ccc(-c2n[nH]c3cnc4ccc(-c5cccc(Nc6ccc(F)cc6)c5)cc4c23)cc1. The number of anilines is 2. The number of nitriles is 1. The molecule has 0 atom stereocenters. The molecule has 6 heteroatoms. The molecule has 0 bridgehead atoms. The Morgan fingerprint density at radius 3 is 2.34 bits per heavy atom. The first-order valence-electron chi connectivity index (χ1n) is 12.3. The zero-order valence-corrected chi connectivity index (χ0v) is 21.0. The van der Waals surface area contributed by atoms with Crippen molar-refractivity contribution in [3.8, 4) is 28.5 Å². The number of aromatic nitrogens is 3. The minimum absolute atomic E-state index is 0.263. The third-order valence-corrected chi connectivity index (χ3v) is 6.88. The minimum atomic E-state index is -0.558. The van der Waals surface area contributed by atoms with Crippen LogP contribution in [0.15, 0.2) is 97.2 Å². The highest BCUT2D eigenvalue weighted by Gasteiger charge is 2.20. The molecule has 0 amide bonds. The lowest BCUT2D eigenvalue weighted by Gasteiger charge is -2.15. The maximum Gasteiger partial charge on any atom is 0.123 e. The van der Waals surface area contributed by atoms with Crippen LogP contribution in [0.2, 0.25) is 0 Å². The first-order chi connectivity index (χ1) is 18.4. The molecule has 2 N–H and O–H groups in total. The molecular weight excluding hydrogens is 473 g/mol. The van der Waals surface area contributed by atoms with Gasteiger partial charge < -0.3 is 5.32 Å². The number of H-pyrrole nitrogens is 1. The fourth-order valence-electron chi connectivity index (χ4n) is 4.68. The van der Waals surface area contributed by atoms with E-state index in [1.807, 2.05) is 62.5 Å². The van der Waals surface area contributed by atoms with Crippen LogP contribution in [0, 0.1) is 17.1 Å². The molecule has 0 unspecified atom stereocenters. The number of pyridine rings is 1. The summed E-state index contributed by atoms with van der Waals surface area (Å²) in [5.41, 5.74) is 7.79. The maximum atomic E-state index is 13.3. The van der Waals surface area contributed by atoms with Crippen LogP contribution in [0.5, 0.6) is 0 Å². The fraction of sp³-hybridized carbons (Fsp3) is 0.0938. The maximum absolute atomic E-state index is 13.3. The lowest BCUT2D eigenvalue weighted by Crippen LogP contribution is -2.13. The zero-order valence-electron chi connectivity index (χ0n) is 21.0. The van der Waals surface area contributed by atoms with Gasteiger partial charge in [-0.2, -0.15) is 10.4 Å². The van der Waals surface area contributed by atoms with Crippen LogP contribution < -0.4 is 5.32 Å². The van der Waals surface area contributed by atoms with Crippen molar-refractivity contribution < 1.29 is 4.39 Å². The van der Waals surface area contributed by atoms with E-state index in [1.165, 1.54) is 12.1 Å². The van der Waals surface area contributed by atoms with Gasteiger partial charge >= 0.3 is 0 Å². The largest absolute Gasteiger partial charge is 0.356 e. The predicted molar refractivity (Wildman–Crippen MR) is 151 cm³/mol. The highest BCUT2D eigenvalue weighted by atomic mass is 19.1. The van der Waals surface area contributed by atoms with Crippen LogP contribution in [0.1, 0.15) is 19.4 Å². The number of hydrogen-bond donors (Lipinski definition) is 2. The Bertz CT molecular complexity index is 1830. The van der Waals surface area contributed by atoms with Crippen molar-refractivity contribution in [2.75, 3.05) is 5.32 Å². The van der Waals surface area contributed by atoms with Crippen molar-refractivity contribution in [3.63, 3.8) is 0 Å². The van der Waals surface area contributed by atoms with Crippen LogP contribution >= 0.6 is 0 Å². The van der Waals surface area contributed by atoms with Gasteiger partial charge in [0.25, 0.3) is 0 Å². The van der Waals surface area contributed by atoms with Gasteiger partial charge in [-0.1, -0.05) is 42.5 Å². The third kappa shape index (κ3) is 4.25. The van der Waals surface area contributed by atoms with E-state index in [1.54, 1.807) is 12.1 Å². The number of fused-ring (bicyclic) bond motifs is 3. The summed E-state index contributed by atoms with van der Waals surface area (Å²) in [6, 6.07) is 31.1. The fourth-order valence-corrected chi connectivity index (χ4v) is 4.68. The van der Waals surface area contributed by atoms with Gasteiger partial charge in [0, 0.05) is 27.7 Å². The Morgan fingerprint density at radius 2 is 1.58 bits per heavy atom. The van der Waals surface area contributed by atoms with Crippen molar-refractivity contribution in [1.29, 1.82) is 5.26 Å². The normalized spacial score (nSPS) is 11.5. The van der Waals surface area contributed by atoms with Crippen molar-refractivity contribution >= 4 is 33.2 Å². The number of aromatic amines is 1. The van der Waals surface area contributed by atoms with Gasteiger partial charge in [0.2, 0.25) is 0 Å². The summed E-state index contributed by atoms with van der Waals surface area (Å²) in [7, 11) is 0. The Labute approximate surface area is 219 Å². The molecule has 2 heterocycles. The first-order valence-corrected chi connectivity index (χ1v) is 12.3. The molecule has 2 aromatic heterocycles. The molecule has 0 saturated carbocycles. The quantitative estimate of drug-likeness (QED) is 0.252. The lowest BCUT2D eigenvalue weighted by atomic mass is 9.86. The number of benzene rings is 4. The first kappa shape index (κ1) is 23.4. The van der Waals surface area contributed by atoms with Crippen molar-refractivity contribution in [1.82, 2.24) is 15.2 Å². The van der Waals surface area contributed by atoms with Crippen LogP contribution in [-0.4, -0.2) is 15.2 Å². The van der Waals surface area contributed by atoms with E-state index in [9.17, 15) is 9.65 Å². The second kappa shape index (κ2) is 9.13. The summed E-state index contributed by atoms with van der Waals surface area (Å²) in [6.45, 7) is 3.83. The molecule has 6 rings (SSSR count). The third-order valence-electron chi connectivity index (χ3n) is 6.88. The molecule has 0 aliphatic rings. The molecule has 184 valence electrons. The van der Waals surface area contributed by atoms with E-state index >= 15 is 0 Å². The highest BCUT2D eigenvalue weighted by Crippen LogP contribution is 2.35. The number of nitrogens with one attached hydrogen (secondary N) is 2. The standard InChI is InChI=1S/C32H24FN5/c1-32(2,19-34)23-9-6-20(7-10-23)31-30-27-17-22(8-15-28(27)35-18-29(30)37-38-31)21-4-3-5-26(16-21)36-25-13-11-24(33)12-14-25/h3-18,36H,1-2H3,(H,37,38). The van der Waals surface area contributed by atoms with E-state index in [4.69, 9.17) is 0 Å². The van der Waals surface area contributed by atoms with Gasteiger partial charge in [0.1, 0.15) is 11.5 Å².